The van der Waals surface area contributed by atoms with E-state index in [1.807, 2.05) is 6.07 Å². The summed E-state index contributed by atoms with van der Waals surface area (Å²) >= 11 is 0. The average Bonchev–Trinajstić information content (AvgIpc) is 2.49. The van der Waals surface area contributed by atoms with Crippen molar-refractivity contribution in [3.05, 3.63) is 35.4 Å². The van der Waals surface area contributed by atoms with Gasteiger partial charge in [-0.15, -0.1) is 0 Å². The number of esters is 1. The molecular weight excluding hydrogens is 294 g/mol. The van der Waals surface area contributed by atoms with E-state index in [0.717, 1.165) is 12.1 Å². The van der Waals surface area contributed by atoms with Gasteiger partial charge >= 0.3 is 5.97 Å². The second-order valence-corrected chi connectivity index (χ2v) is 4.58. The Morgan fingerprint density at radius 3 is 2.68 bits per heavy atom. The molecule has 0 saturated carbocycles. The number of amides is 1. The zero-order valence-corrected chi connectivity index (χ0v) is 12.1. The van der Waals surface area contributed by atoms with E-state index in [4.69, 9.17) is 5.26 Å². The summed E-state index contributed by atoms with van der Waals surface area (Å²) in [7, 11) is 1.18. The van der Waals surface area contributed by atoms with Gasteiger partial charge in [0.05, 0.1) is 18.7 Å². The minimum absolute atomic E-state index is 0.267. The Hall–Kier alpha value is -2.49. The van der Waals surface area contributed by atoms with Crippen LogP contribution in [0, 0.1) is 23.0 Å². The molecule has 1 amide bonds. The van der Waals surface area contributed by atoms with Gasteiger partial charge in [-0.3, -0.25) is 4.79 Å². The first-order valence-corrected chi connectivity index (χ1v) is 6.70. The summed E-state index contributed by atoms with van der Waals surface area (Å²) in [6.45, 7) is 0. The zero-order valence-electron chi connectivity index (χ0n) is 12.1. The number of nitriles is 1. The summed E-state index contributed by atoms with van der Waals surface area (Å²) in [4.78, 5) is 23.6. The monoisotopic (exact) mass is 310 g/mol. The number of nitrogens with one attached hydrogen (secondary N) is 1. The minimum atomic E-state index is -1.01. The van der Waals surface area contributed by atoms with Gasteiger partial charge in [0.15, 0.2) is 0 Å². The number of carbonyl (C=O) groups excluding carboxylic acids is 2. The number of benzene rings is 1. The van der Waals surface area contributed by atoms with Gasteiger partial charge in [-0.2, -0.15) is 5.26 Å². The molecule has 0 heterocycles. The Bertz CT molecular complexity index is 585. The fourth-order valence-corrected chi connectivity index (χ4v) is 1.85. The smallest absolute Gasteiger partial charge is 0.328 e. The Morgan fingerprint density at radius 2 is 2.09 bits per heavy atom. The average molecular weight is 310 g/mol. The van der Waals surface area contributed by atoms with Gasteiger partial charge in [-0.25, -0.2) is 13.6 Å². The van der Waals surface area contributed by atoms with Gasteiger partial charge < -0.3 is 10.1 Å². The minimum Gasteiger partial charge on any atom is -0.467 e. The third-order valence-electron chi connectivity index (χ3n) is 3.00. The third-order valence-corrected chi connectivity index (χ3v) is 3.00. The van der Waals surface area contributed by atoms with Crippen LogP contribution in [0.2, 0.25) is 0 Å². The standard InChI is InChI=1S/C15H16F2N2O3/c1-22-15(21)13(5-3-2-4-8-18)19-14(20)11-7-6-10(16)9-12(11)17/h6-7,9,13H,2-5H2,1H3,(H,19,20)/t13-/m0/s1. The number of halogens is 2. The first-order valence-electron chi connectivity index (χ1n) is 6.70. The number of unbranched alkanes of at least 4 members (excludes halogenated alkanes) is 2. The van der Waals surface area contributed by atoms with E-state index in [1.54, 1.807) is 0 Å². The largest absolute Gasteiger partial charge is 0.467 e. The Morgan fingerprint density at radius 1 is 1.36 bits per heavy atom. The van der Waals surface area contributed by atoms with E-state index in [0.29, 0.717) is 25.3 Å². The van der Waals surface area contributed by atoms with Crippen LogP contribution in [-0.4, -0.2) is 25.0 Å². The maximum atomic E-state index is 13.5. The molecule has 0 fully saturated rings. The fourth-order valence-electron chi connectivity index (χ4n) is 1.85. The molecule has 1 N–H and O–H groups in total. The molecule has 1 atom stereocenters. The number of hydrogen-bond acceptors (Lipinski definition) is 4. The van der Waals surface area contributed by atoms with Gasteiger partial charge in [-0.05, 0) is 31.4 Å². The molecule has 0 saturated heterocycles. The Kier molecular flexibility index (Phi) is 6.96. The van der Waals surface area contributed by atoms with Crippen LogP contribution in [0.4, 0.5) is 8.78 Å². The highest BCUT2D eigenvalue weighted by Gasteiger charge is 2.23. The molecule has 1 aromatic carbocycles. The third kappa shape index (κ3) is 5.13. The van der Waals surface area contributed by atoms with Gasteiger partial charge in [0, 0.05) is 12.5 Å². The lowest BCUT2D eigenvalue weighted by Gasteiger charge is -2.16. The molecule has 1 aromatic rings. The van der Waals surface area contributed by atoms with E-state index in [-0.39, 0.29) is 12.0 Å². The molecule has 0 aliphatic rings. The summed E-state index contributed by atoms with van der Waals surface area (Å²) in [5.41, 5.74) is -0.354. The van der Waals surface area contributed by atoms with Crippen molar-refractivity contribution in [2.24, 2.45) is 0 Å². The quantitative estimate of drug-likeness (QED) is 0.619. The van der Waals surface area contributed by atoms with Crippen LogP contribution in [-0.2, 0) is 9.53 Å². The molecule has 0 aliphatic heterocycles. The maximum Gasteiger partial charge on any atom is 0.328 e. The topological polar surface area (TPSA) is 79.2 Å². The van der Waals surface area contributed by atoms with Crippen molar-refractivity contribution in [1.29, 1.82) is 5.26 Å². The van der Waals surface area contributed by atoms with Gasteiger partial charge in [0.2, 0.25) is 0 Å². The molecular formula is C15H16F2N2O3. The Balaban J connectivity index is 2.73. The number of carbonyl (C=O) groups is 2. The van der Waals surface area contributed by atoms with Crippen molar-refractivity contribution < 1.29 is 23.1 Å². The lowest BCUT2D eigenvalue weighted by atomic mass is 10.1. The van der Waals surface area contributed by atoms with Crippen LogP contribution < -0.4 is 5.32 Å². The molecule has 22 heavy (non-hydrogen) atoms. The second-order valence-electron chi connectivity index (χ2n) is 4.58. The number of hydrogen-bond donors (Lipinski definition) is 1. The molecule has 0 spiro atoms. The second kappa shape index (κ2) is 8.72. The molecule has 0 bridgehead atoms. The van der Waals surface area contributed by atoms with E-state index >= 15 is 0 Å². The van der Waals surface area contributed by atoms with Crippen LogP contribution in [0.25, 0.3) is 0 Å². The number of nitrogens with zero attached hydrogens (tertiary/aromatic N) is 1. The van der Waals surface area contributed by atoms with Crippen LogP contribution in [0.15, 0.2) is 18.2 Å². The van der Waals surface area contributed by atoms with E-state index in [9.17, 15) is 18.4 Å². The predicted octanol–water partition coefficient (Wildman–Crippen LogP) is 2.32. The molecule has 5 nitrogen and oxygen atoms in total. The first-order chi connectivity index (χ1) is 10.5. The van der Waals surface area contributed by atoms with Crippen molar-refractivity contribution in [3.63, 3.8) is 0 Å². The summed E-state index contributed by atoms with van der Waals surface area (Å²) in [5.74, 6) is -3.29. The molecule has 0 unspecified atom stereocenters. The summed E-state index contributed by atoms with van der Waals surface area (Å²) in [6.07, 6.45) is 1.71. The summed E-state index contributed by atoms with van der Waals surface area (Å²) < 4.78 is 30.9. The highest BCUT2D eigenvalue weighted by atomic mass is 19.1. The number of rotatable bonds is 7. The van der Waals surface area contributed by atoms with E-state index < -0.39 is 29.6 Å². The highest BCUT2D eigenvalue weighted by molar-refractivity contribution is 5.96. The summed E-state index contributed by atoms with van der Waals surface area (Å²) in [6, 6.07) is 3.58. The van der Waals surface area contributed by atoms with Gasteiger partial charge in [-0.1, -0.05) is 0 Å². The Labute approximate surface area is 126 Å². The molecule has 0 radical (unpaired) electrons. The molecule has 0 aromatic heterocycles. The lowest BCUT2D eigenvalue weighted by molar-refractivity contribution is -0.143. The van der Waals surface area contributed by atoms with Crippen LogP contribution in [0.3, 0.4) is 0 Å². The van der Waals surface area contributed by atoms with Crippen molar-refractivity contribution in [2.45, 2.75) is 31.7 Å². The van der Waals surface area contributed by atoms with Crippen LogP contribution >= 0.6 is 0 Å². The van der Waals surface area contributed by atoms with E-state index in [2.05, 4.69) is 10.1 Å². The number of methoxy groups -OCH3 is 1. The molecule has 0 aliphatic carbocycles. The zero-order chi connectivity index (χ0) is 16.5. The molecule has 7 heteroatoms. The van der Waals surface area contributed by atoms with Crippen LogP contribution in [0.5, 0.6) is 0 Å². The normalized spacial score (nSPS) is 11.4. The maximum absolute atomic E-state index is 13.5. The predicted molar refractivity (Wildman–Crippen MR) is 73.7 cm³/mol. The SMILES string of the molecule is COC(=O)[C@H](CCCCC#N)NC(=O)c1ccc(F)cc1F. The van der Waals surface area contributed by atoms with Gasteiger partial charge in [0.25, 0.3) is 5.91 Å². The van der Waals surface area contributed by atoms with Crippen molar-refractivity contribution >= 4 is 11.9 Å². The van der Waals surface area contributed by atoms with Crippen molar-refractivity contribution in [2.75, 3.05) is 7.11 Å². The van der Waals surface area contributed by atoms with E-state index in [1.165, 1.54) is 7.11 Å². The van der Waals surface area contributed by atoms with Crippen molar-refractivity contribution in [3.8, 4) is 6.07 Å². The summed E-state index contributed by atoms with van der Waals surface area (Å²) in [5, 5.41) is 10.8. The lowest BCUT2D eigenvalue weighted by Crippen LogP contribution is -2.41. The van der Waals surface area contributed by atoms with Crippen molar-refractivity contribution in [1.82, 2.24) is 5.32 Å². The molecule has 118 valence electrons. The highest BCUT2D eigenvalue weighted by Crippen LogP contribution is 2.11. The van der Waals surface area contributed by atoms with Crippen LogP contribution in [0.1, 0.15) is 36.0 Å². The number of ether oxygens (including phenoxy) is 1. The first kappa shape index (κ1) is 17.6. The molecule has 1 rings (SSSR count). The fraction of sp³-hybridized carbons (Fsp3) is 0.400. The van der Waals surface area contributed by atoms with Gasteiger partial charge in [0.1, 0.15) is 17.7 Å².